The standard InChI is InChI=1S/C14H27N3O2/c1-19-12-11-15-7-9-16(10-8-15)13-14(18)17-5-3-2-4-6-17/h2-13H2,1H3. The number of carbonyl (C=O) groups is 1. The largest absolute Gasteiger partial charge is 0.383 e. The number of ether oxygens (including phenoxy) is 1. The van der Waals surface area contributed by atoms with Crippen LogP contribution in [0, 0.1) is 0 Å². The van der Waals surface area contributed by atoms with Gasteiger partial charge in [0.05, 0.1) is 13.2 Å². The molecule has 110 valence electrons. The van der Waals surface area contributed by atoms with E-state index in [9.17, 15) is 4.79 Å². The second-order valence-corrected chi connectivity index (χ2v) is 5.55. The van der Waals surface area contributed by atoms with Crippen molar-refractivity contribution in [1.29, 1.82) is 0 Å². The number of nitrogens with zero attached hydrogens (tertiary/aromatic N) is 3. The molecule has 0 bridgehead atoms. The van der Waals surface area contributed by atoms with Crippen LogP contribution in [-0.4, -0.2) is 86.7 Å². The highest BCUT2D eigenvalue weighted by molar-refractivity contribution is 5.78. The molecule has 2 aliphatic rings. The van der Waals surface area contributed by atoms with Gasteiger partial charge >= 0.3 is 0 Å². The lowest BCUT2D eigenvalue weighted by atomic mass is 10.1. The van der Waals surface area contributed by atoms with E-state index in [1.165, 1.54) is 19.3 Å². The Morgan fingerprint density at radius 3 is 2.21 bits per heavy atom. The molecule has 2 saturated heterocycles. The van der Waals surface area contributed by atoms with Gasteiger partial charge in [0.2, 0.25) is 5.91 Å². The van der Waals surface area contributed by atoms with Gasteiger partial charge in [-0.1, -0.05) is 0 Å². The van der Waals surface area contributed by atoms with Crippen molar-refractivity contribution < 1.29 is 9.53 Å². The molecule has 1 amide bonds. The fraction of sp³-hybridized carbons (Fsp3) is 0.929. The first-order valence-electron chi connectivity index (χ1n) is 7.51. The van der Waals surface area contributed by atoms with Crippen molar-refractivity contribution in [3.63, 3.8) is 0 Å². The summed E-state index contributed by atoms with van der Waals surface area (Å²) in [6.07, 6.45) is 3.63. The monoisotopic (exact) mass is 269 g/mol. The van der Waals surface area contributed by atoms with Crippen molar-refractivity contribution in [2.45, 2.75) is 19.3 Å². The van der Waals surface area contributed by atoms with Gasteiger partial charge in [-0.25, -0.2) is 0 Å². The fourth-order valence-corrected chi connectivity index (χ4v) is 2.83. The van der Waals surface area contributed by atoms with Gasteiger partial charge in [0.25, 0.3) is 0 Å². The van der Waals surface area contributed by atoms with Crippen LogP contribution in [0.2, 0.25) is 0 Å². The average Bonchev–Trinajstić information content (AvgIpc) is 2.47. The third-order valence-electron chi connectivity index (χ3n) is 4.14. The lowest BCUT2D eigenvalue weighted by molar-refractivity contribution is -0.133. The Kier molecular flexibility index (Phi) is 6.07. The summed E-state index contributed by atoms with van der Waals surface area (Å²) in [5.74, 6) is 0.324. The van der Waals surface area contributed by atoms with Crippen molar-refractivity contribution in [3.05, 3.63) is 0 Å². The number of methoxy groups -OCH3 is 1. The average molecular weight is 269 g/mol. The van der Waals surface area contributed by atoms with Crippen molar-refractivity contribution >= 4 is 5.91 Å². The maximum atomic E-state index is 12.2. The Labute approximate surface area is 116 Å². The molecule has 2 aliphatic heterocycles. The number of rotatable bonds is 5. The predicted molar refractivity (Wildman–Crippen MR) is 75.2 cm³/mol. The zero-order valence-electron chi connectivity index (χ0n) is 12.1. The first-order valence-corrected chi connectivity index (χ1v) is 7.51. The molecular formula is C14H27N3O2. The molecule has 2 fully saturated rings. The third-order valence-corrected chi connectivity index (χ3v) is 4.14. The van der Waals surface area contributed by atoms with Crippen LogP contribution in [0.25, 0.3) is 0 Å². The lowest BCUT2D eigenvalue weighted by Crippen LogP contribution is -2.51. The van der Waals surface area contributed by atoms with Gasteiger partial charge < -0.3 is 9.64 Å². The van der Waals surface area contributed by atoms with Crippen LogP contribution in [0.1, 0.15) is 19.3 Å². The van der Waals surface area contributed by atoms with E-state index in [1.54, 1.807) is 7.11 Å². The number of hydrogen-bond acceptors (Lipinski definition) is 4. The van der Waals surface area contributed by atoms with Gasteiger partial charge in [0, 0.05) is 52.9 Å². The maximum absolute atomic E-state index is 12.2. The molecule has 0 spiro atoms. The summed E-state index contributed by atoms with van der Waals surface area (Å²) in [5, 5.41) is 0. The van der Waals surface area contributed by atoms with Crippen molar-refractivity contribution in [2.24, 2.45) is 0 Å². The molecule has 0 aromatic rings. The van der Waals surface area contributed by atoms with Gasteiger partial charge in [-0.3, -0.25) is 14.6 Å². The van der Waals surface area contributed by atoms with E-state index in [0.717, 1.165) is 52.4 Å². The third kappa shape index (κ3) is 4.75. The van der Waals surface area contributed by atoms with Crippen molar-refractivity contribution in [3.8, 4) is 0 Å². The molecule has 0 N–H and O–H groups in total. The summed E-state index contributed by atoms with van der Waals surface area (Å²) in [7, 11) is 1.74. The van der Waals surface area contributed by atoms with Crippen LogP contribution in [0.15, 0.2) is 0 Å². The van der Waals surface area contributed by atoms with Crippen LogP contribution >= 0.6 is 0 Å². The number of carbonyl (C=O) groups excluding carboxylic acids is 1. The van der Waals surface area contributed by atoms with Crippen molar-refractivity contribution in [2.75, 3.05) is 66.1 Å². The van der Waals surface area contributed by atoms with Crippen LogP contribution in [0.3, 0.4) is 0 Å². The SMILES string of the molecule is COCCN1CCN(CC(=O)N2CCCCC2)CC1. The summed E-state index contributed by atoms with van der Waals surface area (Å²) < 4.78 is 5.10. The second-order valence-electron chi connectivity index (χ2n) is 5.55. The number of amides is 1. The minimum Gasteiger partial charge on any atom is -0.383 e. The van der Waals surface area contributed by atoms with Crippen LogP contribution in [-0.2, 0) is 9.53 Å². The molecule has 0 unspecified atom stereocenters. The Hall–Kier alpha value is -0.650. The molecule has 0 aliphatic carbocycles. The van der Waals surface area contributed by atoms with E-state index in [0.29, 0.717) is 12.5 Å². The molecule has 2 rings (SSSR count). The van der Waals surface area contributed by atoms with E-state index < -0.39 is 0 Å². The predicted octanol–water partition coefficient (Wildman–Crippen LogP) is 0.263. The lowest BCUT2D eigenvalue weighted by Gasteiger charge is -2.35. The Bertz CT molecular complexity index is 272. The quantitative estimate of drug-likeness (QED) is 0.717. The first-order chi connectivity index (χ1) is 9.29. The van der Waals surface area contributed by atoms with Crippen molar-refractivity contribution in [1.82, 2.24) is 14.7 Å². The summed E-state index contributed by atoms with van der Waals surface area (Å²) in [5.41, 5.74) is 0. The first kappa shape index (κ1) is 14.8. The van der Waals surface area contributed by atoms with E-state index in [1.807, 2.05) is 4.90 Å². The van der Waals surface area contributed by atoms with Crippen LogP contribution in [0.4, 0.5) is 0 Å². The number of piperazine rings is 1. The fourth-order valence-electron chi connectivity index (χ4n) is 2.83. The molecule has 0 saturated carbocycles. The summed E-state index contributed by atoms with van der Waals surface area (Å²) in [4.78, 5) is 18.9. The number of piperidine rings is 1. The highest BCUT2D eigenvalue weighted by Gasteiger charge is 2.22. The van der Waals surface area contributed by atoms with E-state index in [-0.39, 0.29) is 0 Å². The van der Waals surface area contributed by atoms with Crippen LogP contribution in [0.5, 0.6) is 0 Å². The van der Waals surface area contributed by atoms with Gasteiger partial charge in [0.15, 0.2) is 0 Å². The molecular weight excluding hydrogens is 242 g/mol. The minimum atomic E-state index is 0.324. The second kappa shape index (κ2) is 7.82. The summed E-state index contributed by atoms with van der Waals surface area (Å²) in [6, 6.07) is 0. The smallest absolute Gasteiger partial charge is 0.236 e. The zero-order valence-corrected chi connectivity index (χ0v) is 12.1. The Balaban J connectivity index is 1.65. The van der Waals surface area contributed by atoms with E-state index in [4.69, 9.17) is 4.74 Å². The molecule has 19 heavy (non-hydrogen) atoms. The topological polar surface area (TPSA) is 36.0 Å². The number of likely N-dealkylation sites (tertiary alicyclic amines) is 1. The normalized spacial score (nSPS) is 22.7. The van der Waals surface area contributed by atoms with Gasteiger partial charge in [-0.05, 0) is 19.3 Å². The molecule has 0 radical (unpaired) electrons. The molecule has 5 heteroatoms. The molecule has 0 aromatic carbocycles. The minimum absolute atomic E-state index is 0.324. The van der Waals surface area contributed by atoms with E-state index in [2.05, 4.69) is 9.80 Å². The molecule has 0 aromatic heterocycles. The molecule has 0 atom stereocenters. The maximum Gasteiger partial charge on any atom is 0.236 e. The van der Waals surface area contributed by atoms with E-state index >= 15 is 0 Å². The molecule has 2 heterocycles. The highest BCUT2D eigenvalue weighted by atomic mass is 16.5. The summed E-state index contributed by atoms with van der Waals surface area (Å²) >= 11 is 0. The highest BCUT2D eigenvalue weighted by Crippen LogP contribution is 2.10. The number of hydrogen-bond donors (Lipinski definition) is 0. The Morgan fingerprint density at radius 2 is 1.58 bits per heavy atom. The summed E-state index contributed by atoms with van der Waals surface area (Å²) in [6.45, 7) is 8.45. The Morgan fingerprint density at radius 1 is 0.947 bits per heavy atom. The van der Waals surface area contributed by atoms with Gasteiger partial charge in [-0.15, -0.1) is 0 Å². The van der Waals surface area contributed by atoms with Crippen LogP contribution < -0.4 is 0 Å². The van der Waals surface area contributed by atoms with Gasteiger partial charge in [0.1, 0.15) is 0 Å². The molecule has 5 nitrogen and oxygen atoms in total. The van der Waals surface area contributed by atoms with Gasteiger partial charge in [-0.2, -0.15) is 0 Å². The zero-order chi connectivity index (χ0) is 13.5.